The van der Waals surface area contributed by atoms with Crippen molar-refractivity contribution in [3.8, 4) is 0 Å². The maximum absolute atomic E-state index is 9.36. The van der Waals surface area contributed by atoms with Crippen molar-refractivity contribution in [2.24, 2.45) is 5.73 Å². The first-order valence-corrected chi connectivity index (χ1v) is 4.66. The van der Waals surface area contributed by atoms with E-state index in [2.05, 4.69) is 9.97 Å². The molecule has 4 heteroatoms. The molecule has 0 amide bonds. The molecule has 1 aliphatic rings. The van der Waals surface area contributed by atoms with Gasteiger partial charge in [-0.1, -0.05) is 0 Å². The van der Waals surface area contributed by atoms with Crippen LogP contribution in [0, 0.1) is 0 Å². The minimum absolute atomic E-state index is 0.167. The van der Waals surface area contributed by atoms with Crippen molar-refractivity contribution in [3.05, 3.63) is 18.2 Å². The monoisotopic (exact) mass is 181 g/mol. The largest absolute Gasteiger partial charge is 0.393 e. The SMILES string of the molecule is NC1(c2cnc[nH]2)CCC(O)CC1. The van der Waals surface area contributed by atoms with Crippen LogP contribution in [0.1, 0.15) is 31.4 Å². The minimum atomic E-state index is -0.296. The van der Waals surface area contributed by atoms with E-state index in [0.29, 0.717) is 0 Å². The number of rotatable bonds is 1. The van der Waals surface area contributed by atoms with Crippen LogP contribution in [0.15, 0.2) is 12.5 Å². The zero-order valence-corrected chi connectivity index (χ0v) is 7.53. The fourth-order valence-corrected chi connectivity index (χ4v) is 1.92. The average Bonchev–Trinajstić information content (AvgIpc) is 2.63. The van der Waals surface area contributed by atoms with Gasteiger partial charge in [0.25, 0.3) is 0 Å². The van der Waals surface area contributed by atoms with Crippen molar-refractivity contribution < 1.29 is 5.11 Å². The molecule has 0 atom stereocenters. The number of hydrogen-bond acceptors (Lipinski definition) is 3. The van der Waals surface area contributed by atoms with Crippen molar-refractivity contribution in [2.75, 3.05) is 0 Å². The first-order chi connectivity index (χ1) is 6.21. The molecule has 0 radical (unpaired) electrons. The summed E-state index contributed by atoms with van der Waals surface area (Å²) in [4.78, 5) is 7.01. The van der Waals surface area contributed by atoms with E-state index >= 15 is 0 Å². The molecule has 4 N–H and O–H groups in total. The molecule has 1 aliphatic carbocycles. The lowest BCUT2D eigenvalue weighted by molar-refractivity contribution is 0.0957. The molecule has 1 aromatic rings. The topological polar surface area (TPSA) is 74.9 Å². The lowest BCUT2D eigenvalue weighted by atomic mass is 9.79. The summed E-state index contributed by atoms with van der Waals surface area (Å²) in [6, 6.07) is 0. The van der Waals surface area contributed by atoms with Crippen molar-refractivity contribution in [1.29, 1.82) is 0 Å². The summed E-state index contributed by atoms with van der Waals surface area (Å²) in [5, 5.41) is 9.36. The molecule has 1 saturated carbocycles. The number of imidazole rings is 1. The lowest BCUT2D eigenvalue weighted by Gasteiger charge is -2.34. The van der Waals surface area contributed by atoms with Crippen LogP contribution >= 0.6 is 0 Å². The highest BCUT2D eigenvalue weighted by molar-refractivity contribution is 5.12. The number of aliphatic hydroxyl groups excluding tert-OH is 1. The van der Waals surface area contributed by atoms with E-state index in [-0.39, 0.29) is 11.6 Å². The highest BCUT2D eigenvalue weighted by Crippen LogP contribution is 2.33. The molecule has 0 saturated heterocycles. The third-order valence-corrected chi connectivity index (χ3v) is 2.88. The summed E-state index contributed by atoms with van der Waals surface area (Å²) in [5.74, 6) is 0. The van der Waals surface area contributed by atoms with Gasteiger partial charge in [-0.2, -0.15) is 0 Å². The van der Waals surface area contributed by atoms with Gasteiger partial charge in [-0.15, -0.1) is 0 Å². The van der Waals surface area contributed by atoms with E-state index in [1.54, 1.807) is 12.5 Å². The van der Waals surface area contributed by atoms with Gasteiger partial charge in [0.05, 0.1) is 23.7 Å². The number of hydrogen-bond donors (Lipinski definition) is 3. The summed E-state index contributed by atoms with van der Waals surface area (Å²) < 4.78 is 0. The molecule has 0 aliphatic heterocycles. The zero-order chi connectivity index (χ0) is 9.31. The molecule has 1 fully saturated rings. The number of H-pyrrole nitrogens is 1. The van der Waals surface area contributed by atoms with Gasteiger partial charge in [-0.25, -0.2) is 4.98 Å². The zero-order valence-electron chi connectivity index (χ0n) is 7.53. The fraction of sp³-hybridized carbons (Fsp3) is 0.667. The van der Waals surface area contributed by atoms with E-state index in [0.717, 1.165) is 31.4 Å². The first-order valence-electron chi connectivity index (χ1n) is 4.66. The molecule has 0 bridgehead atoms. The van der Waals surface area contributed by atoms with Crippen molar-refractivity contribution in [2.45, 2.75) is 37.3 Å². The van der Waals surface area contributed by atoms with Crippen LogP contribution < -0.4 is 5.73 Å². The lowest BCUT2D eigenvalue weighted by Crippen LogP contribution is -2.41. The number of nitrogens with zero attached hydrogens (tertiary/aromatic N) is 1. The van der Waals surface area contributed by atoms with Crippen LogP contribution in [-0.4, -0.2) is 21.2 Å². The molecule has 2 rings (SSSR count). The molecule has 0 unspecified atom stereocenters. The van der Waals surface area contributed by atoms with Gasteiger partial charge in [-0.05, 0) is 25.7 Å². The third kappa shape index (κ3) is 1.59. The van der Waals surface area contributed by atoms with E-state index < -0.39 is 0 Å². The van der Waals surface area contributed by atoms with Gasteiger partial charge in [0.1, 0.15) is 0 Å². The molecule has 1 aromatic heterocycles. The summed E-state index contributed by atoms with van der Waals surface area (Å²) in [5.41, 5.74) is 6.89. The molecular weight excluding hydrogens is 166 g/mol. The van der Waals surface area contributed by atoms with Gasteiger partial charge < -0.3 is 15.8 Å². The van der Waals surface area contributed by atoms with E-state index in [1.807, 2.05) is 0 Å². The third-order valence-electron chi connectivity index (χ3n) is 2.88. The molecule has 1 heterocycles. The van der Waals surface area contributed by atoms with Crippen LogP contribution in [0.25, 0.3) is 0 Å². The number of nitrogens with one attached hydrogen (secondary N) is 1. The quantitative estimate of drug-likeness (QED) is 0.590. The average molecular weight is 181 g/mol. The first kappa shape index (κ1) is 8.72. The second kappa shape index (κ2) is 3.12. The van der Waals surface area contributed by atoms with E-state index in [9.17, 15) is 5.11 Å². The van der Waals surface area contributed by atoms with Gasteiger partial charge >= 0.3 is 0 Å². The Morgan fingerprint density at radius 2 is 2.23 bits per heavy atom. The van der Waals surface area contributed by atoms with E-state index in [4.69, 9.17) is 5.73 Å². The Hall–Kier alpha value is -0.870. The summed E-state index contributed by atoms with van der Waals surface area (Å²) >= 11 is 0. The summed E-state index contributed by atoms with van der Waals surface area (Å²) in [6.45, 7) is 0. The number of aromatic nitrogens is 2. The van der Waals surface area contributed by atoms with Crippen LogP contribution in [-0.2, 0) is 5.54 Å². The maximum Gasteiger partial charge on any atom is 0.0922 e. The molecule has 13 heavy (non-hydrogen) atoms. The highest BCUT2D eigenvalue weighted by atomic mass is 16.3. The number of nitrogens with two attached hydrogens (primary N) is 1. The molecule has 4 nitrogen and oxygen atoms in total. The smallest absolute Gasteiger partial charge is 0.0922 e. The van der Waals surface area contributed by atoms with Crippen LogP contribution in [0.3, 0.4) is 0 Å². The normalized spacial score (nSPS) is 34.8. The molecule has 0 spiro atoms. The standard InChI is InChI=1S/C9H15N3O/c10-9(8-5-11-6-12-8)3-1-7(13)2-4-9/h5-7,13H,1-4,10H2,(H,11,12). The number of aromatic amines is 1. The second-order valence-electron chi connectivity index (χ2n) is 3.85. The highest BCUT2D eigenvalue weighted by Gasteiger charge is 2.33. The Morgan fingerprint density at radius 3 is 2.77 bits per heavy atom. The maximum atomic E-state index is 9.36. The Labute approximate surface area is 77.2 Å². The molecule has 0 aromatic carbocycles. The van der Waals surface area contributed by atoms with Gasteiger partial charge in [-0.3, -0.25) is 0 Å². The Morgan fingerprint density at radius 1 is 1.54 bits per heavy atom. The van der Waals surface area contributed by atoms with Crippen molar-refractivity contribution in [1.82, 2.24) is 9.97 Å². The van der Waals surface area contributed by atoms with Gasteiger partial charge in [0, 0.05) is 6.20 Å². The van der Waals surface area contributed by atoms with Gasteiger partial charge in [0.2, 0.25) is 0 Å². The summed E-state index contributed by atoms with van der Waals surface area (Å²) in [6.07, 6.45) is 6.49. The van der Waals surface area contributed by atoms with Crippen molar-refractivity contribution >= 4 is 0 Å². The molecule has 72 valence electrons. The summed E-state index contributed by atoms with van der Waals surface area (Å²) in [7, 11) is 0. The molecular formula is C9H15N3O. The van der Waals surface area contributed by atoms with Gasteiger partial charge in [0.15, 0.2) is 0 Å². The van der Waals surface area contributed by atoms with Crippen LogP contribution in [0.2, 0.25) is 0 Å². The van der Waals surface area contributed by atoms with E-state index in [1.165, 1.54) is 0 Å². The van der Waals surface area contributed by atoms with Crippen LogP contribution in [0.5, 0.6) is 0 Å². The second-order valence-corrected chi connectivity index (χ2v) is 3.85. The number of aliphatic hydroxyl groups is 1. The van der Waals surface area contributed by atoms with Crippen LogP contribution in [0.4, 0.5) is 0 Å². The fourth-order valence-electron chi connectivity index (χ4n) is 1.92. The Kier molecular flexibility index (Phi) is 2.09. The Bertz CT molecular complexity index is 262. The predicted octanol–water partition coefficient (Wildman–Crippen LogP) is 0.499. The predicted molar refractivity (Wildman–Crippen MR) is 48.9 cm³/mol. The Balaban J connectivity index is 2.13. The van der Waals surface area contributed by atoms with Crippen molar-refractivity contribution in [3.63, 3.8) is 0 Å². The minimum Gasteiger partial charge on any atom is -0.393 e.